The highest BCUT2D eigenvalue weighted by atomic mass is 16.2. The van der Waals surface area contributed by atoms with Gasteiger partial charge in [0.25, 0.3) is 11.8 Å². The summed E-state index contributed by atoms with van der Waals surface area (Å²) in [6, 6.07) is 13.0. The Morgan fingerprint density at radius 1 is 1.04 bits per heavy atom. The number of likely N-dealkylation sites (tertiary alicyclic amines) is 1. The molecule has 1 unspecified atom stereocenters. The lowest BCUT2D eigenvalue weighted by Crippen LogP contribution is -2.46. The van der Waals surface area contributed by atoms with Crippen molar-refractivity contribution in [3.8, 4) is 6.07 Å². The Bertz CT molecular complexity index is 1720. The number of nitriles is 1. The highest BCUT2D eigenvalue weighted by Gasteiger charge is 2.54. The highest BCUT2D eigenvalue weighted by Crippen LogP contribution is 2.48. The minimum absolute atomic E-state index is 0.0717. The van der Waals surface area contributed by atoms with Crippen molar-refractivity contribution in [3.05, 3.63) is 86.1 Å². The van der Waals surface area contributed by atoms with Gasteiger partial charge >= 0.3 is 5.69 Å². The molecule has 0 bridgehead atoms. The monoisotopic (exact) mass is 610 g/mol. The topological polar surface area (TPSA) is 165 Å². The van der Waals surface area contributed by atoms with Crippen molar-refractivity contribution < 1.29 is 14.4 Å². The van der Waals surface area contributed by atoms with Gasteiger partial charge in [0.1, 0.15) is 11.9 Å². The van der Waals surface area contributed by atoms with E-state index < -0.39 is 5.41 Å². The molecule has 0 spiro atoms. The lowest BCUT2D eigenvalue weighted by Gasteiger charge is -2.37. The van der Waals surface area contributed by atoms with Crippen molar-refractivity contribution in [2.24, 2.45) is 13.0 Å². The van der Waals surface area contributed by atoms with Crippen LogP contribution in [0.4, 0.5) is 0 Å². The van der Waals surface area contributed by atoms with Gasteiger partial charge in [-0.15, -0.1) is 0 Å². The first-order valence-corrected chi connectivity index (χ1v) is 15.4. The van der Waals surface area contributed by atoms with Crippen molar-refractivity contribution in [1.29, 1.82) is 5.26 Å². The molecule has 1 aromatic heterocycles. The van der Waals surface area contributed by atoms with E-state index in [1.165, 1.54) is 4.68 Å². The number of aromatic amines is 1. The van der Waals surface area contributed by atoms with Crippen LogP contribution in [0.15, 0.2) is 41.2 Å². The molecule has 4 N–H and O–H groups in total. The Balaban J connectivity index is 1.45. The van der Waals surface area contributed by atoms with Gasteiger partial charge < -0.3 is 20.9 Å². The average Bonchev–Trinajstić information content (AvgIpc) is 3.62. The number of H-pyrrole nitrogens is 1. The number of aryl methyl sites for hydroxylation is 3. The maximum absolute atomic E-state index is 13.3. The van der Waals surface area contributed by atoms with E-state index in [-0.39, 0.29) is 48.1 Å². The second-order valence-corrected chi connectivity index (χ2v) is 12.4. The number of carbonyl (C=O) groups excluding carboxylic acids is 3. The quantitative estimate of drug-likeness (QED) is 0.297. The number of amides is 3. The summed E-state index contributed by atoms with van der Waals surface area (Å²) in [5.74, 6) is 0.360. The molecule has 12 nitrogen and oxygen atoms in total. The molecule has 3 amide bonds. The van der Waals surface area contributed by atoms with Crippen LogP contribution in [0.5, 0.6) is 0 Å². The van der Waals surface area contributed by atoms with Gasteiger partial charge in [0, 0.05) is 44.4 Å². The van der Waals surface area contributed by atoms with Crippen LogP contribution in [0, 0.1) is 17.2 Å². The maximum atomic E-state index is 13.3. The van der Waals surface area contributed by atoms with Gasteiger partial charge in [0.2, 0.25) is 5.91 Å². The van der Waals surface area contributed by atoms with Crippen molar-refractivity contribution in [1.82, 2.24) is 35.6 Å². The largest absolute Gasteiger partial charge is 0.355 e. The summed E-state index contributed by atoms with van der Waals surface area (Å²) in [6.45, 7) is 2.06. The van der Waals surface area contributed by atoms with E-state index in [1.54, 1.807) is 38.2 Å². The molecule has 1 saturated carbocycles. The fourth-order valence-electron chi connectivity index (χ4n) is 7.40. The summed E-state index contributed by atoms with van der Waals surface area (Å²) in [7, 11) is 4.77. The number of benzene rings is 2. The molecule has 6 rings (SSSR count). The predicted octanol–water partition coefficient (Wildman–Crippen LogP) is 1.14. The number of nitrogens with one attached hydrogen (secondary N) is 4. The van der Waals surface area contributed by atoms with E-state index in [1.807, 2.05) is 31.2 Å². The van der Waals surface area contributed by atoms with Crippen LogP contribution in [0.25, 0.3) is 0 Å². The standard InChI is InChI=1S/C33H38N8O4/c1-18(37-17-28(42)41-24(16-34)13-23-14-27(23)41)15-33(31-38-32(45)40(4)39-31)25-9-7-21(29(43)35-2)11-19(25)5-6-20-12-22(30(44)36-3)8-10-26(20)33/h7-12,18,23-24,27,37H,5-6,13-15,17H2,1-4H3,(H,35,43)(H,36,44)(H,38,39,45)/t18-,23+,24?,27-/m0/s1. The molecule has 45 heavy (non-hydrogen) atoms. The van der Waals surface area contributed by atoms with Crippen LogP contribution in [0.3, 0.4) is 0 Å². The fourth-order valence-corrected chi connectivity index (χ4v) is 7.40. The third-order valence-electron chi connectivity index (χ3n) is 9.70. The molecule has 234 valence electrons. The molecule has 2 fully saturated rings. The zero-order chi connectivity index (χ0) is 32.0. The van der Waals surface area contributed by atoms with Crippen LogP contribution >= 0.6 is 0 Å². The van der Waals surface area contributed by atoms with E-state index in [0.717, 1.165) is 35.1 Å². The maximum Gasteiger partial charge on any atom is 0.343 e. The number of aromatic nitrogens is 3. The summed E-state index contributed by atoms with van der Waals surface area (Å²) in [4.78, 5) is 56.3. The normalized spacial score (nSPS) is 21.4. The molecular formula is C33H38N8O4. The second-order valence-electron chi connectivity index (χ2n) is 12.4. The molecule has 2 aromatic carbocycles. The molecule has 2 aliphatic carbocycles. The van der Waals surface area contributed by atoms with Crippen molar-refractivity contribution in [2.75, 3.05) is 20.6 Å². The lowest BCUT2D eigenvalue weighted by atomic mass is 9.67. The first kappa shape index (κ1) is 30.3. The molecule has 3 aromatic rings. The van der Waals surface area contributed by atoms with E-state index in [4.69, 9.17) is 5.10 Å². The Kier molecular flexibility index (Phi) is 7.82. The van der Waals surface area contributed by atoms with Crippen LogP contribution in [-0.4, -0.2) is 76.2 Å². The zero-order valence-corrected chi connectivity index (χ0v) is 25.9. The number of piperidine rings is 1. The smallest absolute Gasteiger partial charge is 0.343 e. The van der Waals surface area contributed by atoms with Gasteiger partial charge in [0.15, 0.2) is 0 Å². The lowest BCUT2D eigenvalue weighted by molar-refractivity contribution is -0.131. The van der Waals surface area contributed by atoms with E-state index >= 15 is 0 Å². The summed E-state index contributed by atoms with van der Waals surface area (Å²) in [5.41, 5.74) is 3.31. The highest BCUT2D eigenvalue weighted by molar-refractivity contribution is 5.95. The zero-order valence-electron chi connectivity index (χ0n) is 25.9. The molecule has 12 heteroatoms. The van der Waals surface area contributed by atoms with E-state index in [9.17, 15) is 24.4 Å². The molecule has 1 saturated heterocycles. The first-order chi connectivity index (χ1) is 21.6. The number of hydrogen-bond acceptors (Lipinski definition) is 7. The van der Waals surface area contributed by atoms with E-state index in [2.05, 4.69) is 27.0 Å². The Labute approximate surface area is 261 Å². The molecule has 1 aliphatic heterocycles. The van der Waals surface area contributed by atoms with Crippen molar-refractivity contribution in [2.45, 2.75) is 62.6 Å². The minimum Gasteiger partial charge on any atom is -0.355 e. The van der Waals surface area contributed by atoms with Crippen LogP contribution in [-0.2, 0) is 30.1 Å². The van der Waals surface area contributed by atoms with Gasteiger partial charge in [0.05, 0.1) is 18.0 Å². The van der Waals surface area contributed by atoms with Gasteiger partial charge in [-0.25, -0.2) is 9.48 Å². The number of fused-ring (bicyclic) bond motifs is 3. The number of hydrogen-bond donors (Lipinski definition) is 4. The van der Waals surface area contributed by atoms with Crippen molar-refractivity contribution in [3.63, 3.8) is 0 Å². The number of carbonyl (C=O) groups is 3. The molecule has 4 atom stereocenters. The van der Waals surface area contributed by atoms with Gasteiger partial charge in [-0.1, -0.05) is 12.1 Å². The predicted molar refractivity (Wildman–Crippen MR) is 166 cm³/mol. The first-order valence-electron chi connectivity index (χ1n) is 15.4. The molecule has 0 radical (unpaired) electrons. The third kappa shape index (κ3) is 5.21. The number of nitrogens with zero attached hydrogens (tertiary/aromatic N) is 4. The van der Waals surface area contributed by atoms with Gasteiger partial charge in [-0.2, -0.15) is 10.4 Å². The summed E-state index contributed by atoms with van der Waals surface area (Å²) in [6.07, 6.45) is 3.29. The Morgan fingerprint density at radius 2 is 1.64 bits per heavy atom. The third-order valence-corrected chi connectivity index (χ3v) is 9.70. The van der Waals surface area contributed by atoms with Crippen LogP contribution < -0.4 is 21.6 Å². The Hall–Kier alpha value is -4.76. The minimum atomic E-state index is -0.996. The van der Waals surface area contributed by atoms with E-state index in [0.29, 0.717) is 42.1 Å². The van der Waals surface area contributed by atoms with Crippen LogP contribution in [0.2, 0.25) is 0 Å². The average molecular weight is 611 g/mol. The SMILES string of the molecule is CNC(=O)c1ccc2c(c1)CCc1cc(C(=O)NC)ccc1C2(C[C@H](C)NCC(=O)N1C(C#N)C[C@@H]2C[C@@H]21)c1nn(C)c(=O)[nH]1. The summed E-state index contributed by atoms with van der Waals surface area (Å²) in [5, 5.41) is 23.1. The van der Waals surface area contributed by atoms with Crippen LogP contribution in [0.1, 0.15) is 75.0 Å². The van der Waals surface area contributed by atoms with Gasteiger partial charge in [-0.3, -0.25) is 19.4 Å². The molecule has 3 aliphatic rings. The summed E-state index contributed by atoms with van der Waals surface area (Å²) >= 11 is 0. The molecular weight excluding hydrogens is 572 g/mol. The summed E-state index contributed by atoms with van der Waals surface area (Å²) < 4.78 is 1.27. The Morgan fingerprint density at radius 3 is 2.16 bits per heavy atom. The van der Waals surface area contributed by atoms with Gasteiger partial charge in [-0.05, 0) is 91.5 Å². The second kappa shape index (κ2) is 11.6. The number of rotatable bonds is 8. The molecule has 2 heterocycles. The van der Waals surface area contributed by atoms with Crippen molar-refractivity contribution >= 4 is 17.7 Å². The fraction of sp³-hybridized carbons (Fsp3) is 0.455.